The van der Waals surface area contributed by atoms with E-state index in [4.69, 9.17) is 0 Å². The highest BCUT2D eigenvalue weighted by molar-refractivity contribution is 8.14. The Kier molecular flexibility index (Phi) is 1.58. The van der Waals surface area contributed by atoms with Gasteiger partial charge in [0.1, 0.15) is 0 Å². The summed E-state index contributed by atoms with van der Waals surface area (Å²) in [6.07, 6.45) is 1.87. The highest BCUT2D eigenvalue weighted by Crippen LogP contribution is 2.45. The largest absolute Gasteiger partial charge is 0.360 e. The number of hydrogen-bond donors (Lipinski definition) is 2. The Balaban J connectivity index is 2.11. The molecule has 1 atom stereocenters. The lowest BCUT2D eigenvalue weighted by molar-refractivity contribution is 0.263. The van der Waals surface area contributed by atoms with Crippen molar-refractivity contribution in [2.45, 2.75) is 5.25 Å². The number of rotatable bonds is 0. The number of anilines is 1. The van der Waals surface area contributed by atoms with Crippen LogP contribution in [0.2, 0.25) is 0 Å². The molecule has 0 bridgehead atoms. The summed E-state index contributed by atoms with van der Waals surface area (Å²) in [6, 6.07) is 8.05. The van der Waals surface area contributed by atoms with Gasteiger partial charge in [-0.1, -0.05) is 18.2 Å². The summed E-state index contributed by atoms with van der Waals surface area (Å²) in [5.74, 6) is 0. The Bertz CT molecular complexity index is 442. The van der Waals surface area contributed by atoms with E-state index in [0.717, 1.165) is 11.4 Å². The van der Waals surface area contributed by atoms with E-state index < -0.39 is 0 Å². The molecule has 2 N–H and O–H groups in total. The monoisotopic (exact) mass is 204 g/mol. The van der Waals surface area contributed by atoms with Gasteiger partial charge in [-0.15, -0.1) is 0 Å². The molecule has 14 heavy (non-hydrogen) atoms. The van der Waals surface area contributed by atoms with Crippen LogP contribution in [0.25, 0.3) is 0 Å². The zero-order valence-corrected chi connectivity index (χ0v) is 8.10. The van der Waals surface area contributed by atoms with Gasteiger partial charge >= 0.3 is 0 Å². The number of fused-ring (bicyclic) bond motifs is 3. The molecule has 2 aliphatic rings. The zero-order chi connectivity index (χ0) is 9.54. The summed E-state index contributed by atoms with van der Waals surface area (Å²) in [5, 5.41) is 6.16. The molecule has 2 heterocycles. The summed E-state index contributed by atoms with van der Waals surface area (Å²) in [5.41, 5.74) is 3.22. The van der Waals surface area contributed by atoms with E-state index in [9.17, 15) is 4.79 Å². The average Bonchev–Trinajstić information content (AvgIpc) is 2.59. The van der Waals surface area contributed by atoms with Crippen LogP contribution in [0.1, 0.15) is 10.8 Å². The number of nitrogens with one attached hydrogen (secondary N) is 2. The van der Waals surface area contributed by atoms with Crippen molar-refractivity contribution in [3.8, 4) is 0 Å². The van der Waals surface area contributed by atoms with Gasteiger partial charge in [-0.05, 0) is 23.4 Å². The maximum absolute atomic E-state index is 11.2. The predicted octanol–water partition coefficient (Wildman–Crippen LogP) is 2.45. The molecular weight excluding hydrogens is 196 g/mol. The Morgan fingerprint density at radius 1 is 1.29 bits per heavy atom. The molecule has 0 saturated carbocycles. The molecule has 1 saturated heterocycles. The molecule has 2 aliphatic heterocycles. The first-order valence-electron chi connectivity index (χ1n) is 4.38. The van der Waals surface area contributed by atoms with Crippen LogP contribution in [0.5, 0.6) is 0 Å². The highest BCUT2D eigenvalue weighted by Gasteiger charge is 2.32. The summed E-state index contributed by atoms with van der Waals surface area (Å²) < 4.78 is 0. The molecule has 1 aromatic rings. The van der Waals surface area contributed by atoms with Gasteiger partial charge in [0, 0.05) is 11.9 Å². The van der Waals surface area contributed by atoms with Crippen LogP contribution in [0.3, 0.4) is 0 Å². The Morgan fingerprint density at radius 2 is 2.14 bits per heavy atom. The maximum atomic E-state index is 11.2. The second kappa shape index (κ2) is 2.78. The van der Waals surface area contributed by atoms with Crippen LogP contribution in [-0.2, 0) is 0 Å². The average molecular weight is 204 g/mol. The number of carbonyl (C=O) groups is 1. The maximum Gasteiger partial charge on any atom is 0.284 e. The zero-order valence-electron chi connectivity index (χ0n) is 7.28. The molecule has 0 radical (unpaired) electrons. The standard InChI is InChI=1S/C10H8N2OS/c13-10-12-8-5-11-7-4-2-1-3-6(7)9(8)14-10/h1-5,9,11H,(H,12,13). The van der Waals surface area contributed by atoms with E-state index >= 15 is 0 Å². The van der Waals surface area contributed by atoms with Crippen LogP contribution >= 0.6 is 11.8 Å². The molecule has 1 amide bonds. The minimum atomic E-state index is 0.0275. The molecule has 0 aliphatic carbocycles. The number of para-hydroxylation sites is 1. The van der Waals surface area contributed by atoms with Crippen molar-refractivity contribution >= 4 is 22.7 Å². The van der Waals surface area contributed by atoms with E-state index in [1.165, 1.54) is 17.3 Å². The molecule has 3 rings (SSSR count). The van der Waals surface area contributed by atoms with Crippen LogP contribution in [-0.4, -0.2) is 5.24 Å². The molecule has 1 aromatic carbocycles. The molecule has 3 nitrogen and oxygen atoms in total. The number of benzene rings is 1. The van der Waals surface area contributed by atoms with Gasteiger partial charge in [0.2, 0.25) is 0 Å². The Hall–Kier alpha value is -1.42. The lowest BCUT2D eigenvalue weighted by atomic mass is 10.0. The van der Waals surface area contributed by atoms with Gasteiger partial charge in [-0.2, -0.15) is 0 Å². The molecule has 0 spiro atoms. The predicted molar refractivity (Wildman–Crippen MR) is 57.0 cm³/mol. The van der Waals surface area contributed by atoms with Crippen molar-refractivity contribution in [1.82, 2.24) is 5.32 Å². The van der Waals surface area contributed by atoms with E-state index in [2.05, 4.69) is 10.6 Å². The SMILES string of the molecule is O=C1NC2=CNc3ccccc3C2S1. The number of hydrogen-bond acceptors (Lipinski definition) is 3. The van der Waals surface area contributed by atoms with Crippen molar-refractivity contribution in [3.05, 3.63) is 41.7 Å². The molecule has 70 valence electrons. The highest BCUT2D eigenvalue weighted by atomic mass is 32.2. The van der Waals surface area contributed by atoms with Crippen molar-refractivity contribution < 1.29 is 4.79 Å². The first-order chi connectivity index (χ1) is 6.84. The van der Waals surface area contributed by atoms with Crippen LogP contribution in [0.4, 0.5) is 10.5 Å². The smallest absolute Gasteiger partial charge is 0.284 e. The molecule has 1 fully saturated rings. The second-order valence-electron chi connectivity index (χ2n) is 3.24. The topological polar surface area (TPSA) is 41.1 Å². The second-order valence-corrected chi connectivity index (χ2v) is 4.32. The Morgan fingerprint density at radius 3 is 3.07 bits per heavy atom. The van der Waals surface area contributed by atoms with Crippen LogP contribution in [0, 0.1) is 0 Å². The van der Waals surface area contributed by atoms with E-state index in [0.29, 0.717) is 0 Å². The molecule has 1 unspecified atom stereocenters. The minimum Gasteiger partial charge on any atom is -0.360 e. The summed E-state index contributed by atoms with van der Waals surface area (Å²) in [6.45, 7) is 0. The third-order valence-corrected chi connectivity index (χ3v) is 3.44. The number of amides is 1. The Labute approximate surface area is 85.6 Å². The van der Waals surface area contributed by atoms with Gasteiger partial charge in [-0.3, -0.25) is 4.79 Å². The lowest BCUT2D eigenvalue weighted by Gasteiger charge is -2.19. The van der Waals surface area contributed by atoms with Gasteiger partial charge in [-0.25, -0.2) is 0 Å². The van der Waals surface area contributed by atoms with Crippen molar-refractivity contribution in [2.75, 3.05) is 5.32 Å². The van der Waals surface area contributed by atoms with E-state index in [1.54, 1.807) is 0 Å². The van der Waals surface area contributed by atoms with Gasteiger partial charge < -0.3 is 10.6 Å². The third kappa shape index (κ3) is 1.04. The number of carbonyl (C=O) groups excluding carboxylic acids is 1. The molecule has 4 heteroatoms. The summed E-state index contributed by atoms with van der Waals surface area (Å²) >= 11 is 1.33. The van der Waals surface area contributed by atoms with Gasteiger partial charge in [0.15, 0.2) is 0 Å². The van der Waals surface area contributed by atoms with Crippen LogP contribution in [0.15, 0.2) is 36.2 Å². The van der Waals surface area contributed by atoms with Crippen LogP contribution < -0.4 is 10.6 Å². The van der Waals surface area contributed by atoms with Gasteiger partial charge in [0.05, 0.1) is 10.9 Å². The number of thioether (sulfide) groups is 1. The van der Waals surface area contributed by atoms with Gasteiger partial charge in [0.25, 0.3) is 5.24 Å². The first-order valence-corrected chi connectivity index (χ1v) is 5.26. The van der Waals surface area contributed by atoms with Crippen molar-refractivity contribution in [2.24, 2.45) is 0 Å². The molecular formula is C10H8N2OS. The normalized spacial score (nSPS) is 23.0. The lowest BCUT2D eigenvalue weighted by Crippen LogP contribution is -2.15. The third-order valence-electron chi connectivity index (χ3n) is 2.38. The first kappa shape index (κ1) is 7.94. The van der Waals surface area contributed by atoms with Crippen molar-refractivity contribution in [1.29, 1.82) is 0 Å². The summed E-state index contributed by atoms with van der Waals surface area (Å²) in [4.78, 5) is 11.2. The fraction of sp³-hybridized carbons (Fsp3) is 0.100. The fourth-order valence-electron chi connectivity index (χ4n) is 1.74. The quantitative estimate of drug-likeness (QED) is 0.682. The van der Waals surface area contributed by atoms with E-state index in [-0.39, 0.29) is 10.5 Å². The fourth-order valence-corrected chi connectivity index (χ4v) is 2.72. The minimum absolute atomic E-state index is 0.0275. The molecule has 0 aromatic heterocycles. The summed E-state index contributed by atoms with van der Waals surface area (Å²) in [7, 11) is 0. The van der Waals surface area contributed by atoms with E-state index in [1.807, 2.05) is 30.5 Å². The van der Waals surface area contributed by atoms with Crippen molar-refractivity contribution in [3.63, 3.8) is 0 Å².